The van der Waals surface area contributed by atoms with Crippen LogP contribution in [0.2, 0.25) is 0 Å². The van der Waals surface area contributed by atoms with Crippen LogP contribution in [0.25, 0.3) is 0 Å². The number of rotatable bonds is 5. The molecule has 0 amide bonds. The monoisotopic (exact) mass is 284 g/mol. The summed E-state index contributed by atoms with van der Waals surface area (Å²) in [5, 5.41) is 9.39. The number of aliphatic carboxylic acids is 1. The molecule has 2 rings (SSSR count). The molecule has 2 aromatic carbocycles. The third-order valence-corrected chi connectivity index (χ3v) is 3.70. The Morgan fingerprint density at radius 3 is 2.38 bits per heavy atom. The summed E-state index contributed by atoms with van der Waals surface area (Å²) in [7, 11) is 0. The van der Waals surface area contributed by atoms with Crippen molar-refractivity contribution >= 4 is 5.97 Å². The Balaban J connectivity index is 2.18. The predicted octanol–water partition coefficient (Wildman–Crippen LogP) is 3.69. The molecule has 0 unspecified atom stereocenters. The van der Waals surface area contributed by atoms with Crippen LogP contribution in [-0.4, -0.2) is 17.2 Å². The second kappa shape index (κ2) is 6.44. The molecular weight excluding hydrogens is 264 g/mol. The highest BCUT2D eigenvalue weighted by Gasteiger charge is 2.21. The SMILES string of the molecule is Cc1ccc(O[C@@H](Cc2cccc(C)c2C)C(=O)O)cc1. The molecule has 0 aliphatic rings. The molecule has 21 heavy (non-hydrogen) atoms. The Kier molecular flexibility index (Phi) is 4.63. The van der Waals surface area contributed by atoms with Crippen LogP contribution < -0.4 is 4.74 Å². The van der Waals surface area contributed by atoms with Gasteiger partial charge in [0.2, 0.25) is 0 Å². The van der Waals surface area contributed by atoms with Gasteiger partial charge in [0.1, 0.15) is 5.75 Å². The molecule has 0 aromatic heterocycles. The summed E-state index contributed by atoms with van der Waals surface area (Å²) in [4.78, 5) is 11.4. The normalized spacial score (nSPS) is 12.0. The van der Waals surface area contributed by atoms with E-state index < -0.39 is 12.1 Å². The molecule has 1 atom stereocenters. The second-order valence-electron chi connectivity index (χ2n) is 5.32. The quantitative estimate of drug-likeness (QED) is 0.911. The lowest BCUT2D eigenvalue weighted by Crippen LogP contribution is -2.29. The molecule has 0 aliphatic heterocycles. The lowest BCUT2D eigenvalue weighted by molar-refractivity contribution is -0.145. The van der Waals surface area contributed by atoms with E-state index in [0.29, 0.717) is 12.2 Å². The summed E-state index contributed by atoms with van der Waals surface area (Å²) < 4.78 is 5.63. The van der Waals surface area contributed by atoms with Crippen LogP contribution >= 0.6 is 0 Å². The number of carboxylic acid groups (broad SMARTS) is 1. The van der Waals surface area contributed by atoms with Crippen molar-refractivity contribution in [2.75, 3.05) is 0 Å². The van der Waals surface area contributed by atoms with Crippen LogP contribution in [0.3, 0.4) is 0 Å². The van der Waals surface area contributed by atoms with Crippen LogP contribution in [0.4, 0.5) is 0 Å². The fourth-order valence-electron chi connectivity index (χ4n) is 2.19. The van der Waals surface area contributed by atoms with Gasteiger partial charge in [0, 0.05) is 6.42 Å². The van der Waals surface area contributed by atoms with Crippen molar-refractivity contribution in [3.8, 4) is 5.75 Å². The van der Waals surface area contributed by atoms with Crippen LogP contribution in [0.1, 0.15) is 22.3 Å². The first-order chi connectivity index (χ1) is 9.97. The lowest BCUT2D eigenvalue weighted by Gasteiger charge is -2.17. The number of hydrogen-bond acceptors (Lipinski definition) is 2. The summed E-state index contributed by atoms with van der Waals surface area (Å²) in [6.45, 7) is 6.01. The highest BCUT2D eigenvalue weighted by Crippen LogP contribution is 2.19. The average molecular weight is 284 g/mol. The van der Waals surface area contributed by atoms with E-state index in [2.05, 4.69) is 0 Å². The zero-order chi connectivity index (χ0) is 15.4. The summed E-state index contributed by atoms with van der Waals surface area (Å²) in [5.74, 6) is -0.366. The minimum Gasteiger partial charge on any atom is -0.478 e. The standard InChI is InChI=1S/C18H20O3/c1-12-7-9-16(10-8-12)21-17(18(19)20)11-15-6-4-5-13(2)14(15)3/h4-10,17H,11H2,1-3H3,(H,19,20)/t17-/m0/s1. The van der Waals surface area contributed by atoms with Gasteiger partial charge in [-0.25, -0.2) is 4.79 Å². The number of carboxylic acids is 1. The van der Waals surface area contributed by atoms with Gasteiger partial charge in [0.15, 0.2) is 6.10 Å². The Hall–Kier alpha value is -2.29. The molecule has 1 N–H and O–H groups in total. The van der Waals surface area contributed by atoms with Crippen molar-refractivity contribution in [1.82, 2.24) is 0 Å². The molecule has 3 nitrogen and oxygen atoms in total. The van der Waals surface area contributed by atoms with Crippen LogP contribution in [0.15, 0.2) is 42.5 Å². The van der Waals surface area contributed by atoms with E-state index >= 15 is 0 Å². The van der Waals surface area contributed by atoms with Crippen molar-refractivity contribution < 1.29 is 14.6 Å². The molecule has 0 fully saturated rings. The maximum Gasteiger partial charge on any atom is 0.345 e. The van der Waals surface area contributed by atoms with Crippen molar-refractivity contribution in [3.05, 3.63) is 64.7 Å². The van der Waals surface area contributed by atoms with Crippen molar-refractivity contribution in [2.45, 2.75) is 33.3 Å². The topological polar surface area (TPSA) is 46.5 Å². The molecule has 0 spiro atoms. The lowest BCUT2D eigenvalue weighted by atomic mass is 9.98. The third-order valence-electron chi connectivity index (χ3n) is 3.70. The van der Waals surface area contributed by atoms with Crippen molar-refractivity contribution in [2.24, 2.45) is 0 Å². The Labute approximate surface area is 125 Å². The molecule has 3 heteroatoms. The first kappa shape index (κ1) is 15.1. The van der Waals surface area contributed by atoms with Gasteiger partial charge >= 0.3 is 5.97 Å². The van der Waals surface area contributed by atoms with Gasteiger partial charge in [-0.15, -0.1) is 0 Å². The van der Waals surface area contributed by atoms with Gasteiger partial charge < -0.3 is 9.84 Å². The van der Waals surface area contributed by atoms with Gasteiger partial charge in [-0.1, -0.05) is 35.9 Å². The van der Waals surface area contributed by atoms with Gasteiger partial charge in [-0.05, 0) is 49.6 Å². The van der Waals surface area contributed by atoms with Crippen LogP contribution in [-0.2, 0) is 11.2 Å². The maximum atomic E-state index is 11.4. The number of carbonyl (C=O) groups is 1. The van der Waals surface area contributed by atoms with E-state index in [1.54, 1.807) is 12.1 Å². The molecular formula is C18H20O3. The highest BCUT2D eigenvalue weighted by molar-refractivity contribution is 5.73. The summed E-state index contributed by atoms with van der Waals surface area (Å²) in [6.07, 6.45) is -0.523. The first-order valence-corrected chi connectivity index (χ1v) is 6.98. The zero-order valence-electron chi connectivity index (χ0n) is 12.6. The molecule has 110 valence electrons. The fraction of sp³-hybridized carbons (Fsp3) is 0.278. The molecule has 0 saturated carbocycles. The van der Waals surface area contributed by atoms with E-state index in [1.165, 1.54) is 0 Å². The van der Waals surface area contributed by atoms with E-state index in [4.69, 9.17) is 4.74 Å². The van der Waals surface area contributed by atoms with E-state index in [-0.39, 0.29) is 0 Å². The zero-order valence-corrected chi connectivity index (χ0v) is 12.6. The minimum atomic E-state index is -0.948. The number of benzene rings is 2. The Morgan fingerprint density at radius 1 is 1.10 bits per heavy atom. The molecule has 0 saturated heterocycles. The van der Waals surface area contributed by atoms with Gasteiger partial charge in [-0.3, -0.25) is 0 Å². The molecule has 0 radical (unpaired) electrons. The average Bonchev–Trinajstić information content (AvgIpc) is 2.45. The first-order valence-electron chi connectivity index (χ1n) is 6.98. The molecule has 0 bridgehead atoms. The van der Waals surface area contributed by atoms with E-state index in [1.807, 2.05) is 51.1 Å². The van der Waals surface area contributed by atoms with E-state index in [0.717, 1.165) is 22.3 Å². The predicted molar refractivity (Wildman–Crippen MR) is 82.9 cm³/mol. The molecule has 0 heterocycles. The Bertz CT molecular complexity index is 629. The summed E-state index contributed by atoms with van der Waals surface area (Å²) in [5.41, 5.74) is 4.40. The van der Waals surface area contributed by atoms with Crippen LogP contribution in [0, 0.1) is 20.8 Å². The minimum absolute atomic E-state index is 0.358. The summed E-state index contributed by atoms with van der Waals surface area (Å²) >= 11 is 0. The molecule has 0 aliphatic carbocycles. The second-order valence-corrected chi connectivity index (χ2v) is 5.32. The van der Waals surface area contributed by atoms with Gasteiger partial charge in [0.05, 0.1) is 0 Å². The van der Waals surface area contributed by atoms with Gasteiger partial charge in [-0.2, -0.15) is 0 Å². The largest absolute Gasteiger partial charge is 0.478 e. The van der Waals surface area contributed by atoms with Crippen molar-refractivity contribution in [3.63, 3.8) is 0 Å². The van der Waals surface area contributed by atoms with Crippen LogP contribution in [0.5, 0.6) is 5.75 Å². The Morgan fingerprint density at radius 2 is 1.76 bits per heavy atom. The highest BCUT2D eigenvalue weighted by atomic mass is 16.5. The van der Waals surface area contributed by atoms with E-state index in [9.17, 15) is 9.90 Å². The number of aryl methyl sites for hydroxylation is 2. The number of hydrogen-bond donors (Lipinski definition) is 1. The van der Waals surface area contributed by atoms with Crippen molar-refractivity contribution in [1.29, 1.82) is 0 Å². The number of ether oxygens (including phenoxy) is 1. The third kappa shape index (κ3) is 3.85. The summed E-state index contributed by atoms with van der Waals surface area (Å²) in [6, 6.07) is 13.3. The van der Waals surface area contributed by atoms with Gasteiger partial charge in [0.25, 0.3) is 0 Å². The molecule has 2 aromatic rings. The fourth-order valence-corrected chi connectivity index (χ4v) is 2.19. The maximum absolute atomic E-state index is 11.4. The smallest absolute Gasteiger partial charge is 0.345 e.